The van der Waals surface area contributed by atoms with Crippen molar-refractivity contribution in [1.82, 2.24) is 9.97 Å². The van der Waals surface area contributed by atoms with Gasteiger partial charge in [-0.25, -0.2) is 4.98 Å². The molecule has 100 valence electrons. The fraction of sp³-hybridized carbons (Fsp3) is 0.125. The summed E-state index contributed by atoms with van der Waals surface area (Å²) in [6.07, 6.45) is 0.856. The van der Waals surface area contributed by atoms with E-state index < -0.39 is 0 Å². The topological polar surface area (TPSA) is 57.8 Å². The molecule has 4 nitrogen and oxygen atoms in total. The molecule has 0 saturated heterocycles. The van der Waals surface area contributed by atoms with Gasteiger partial charge in [0.1, 0.15) is 0 Å². The summed E-state index contributed by atoms with van der Waals surface area (Å²) in [6, 6.07) is 17.7. The summed E-state index contributed by atoms with van der Waals surface area (Å²) >= 11 is 0. The van der Waals surface area contributed by atoms with E-state index in [0.29, 0.717) is 12.4 Å². The number of aromatic nitrogens is 2. The van der Waals surface area contributed by atoms with Crippen molar-refractivity contribution in [1.29, 1.82) is 0 Å². The van der Waals surface area contributed by atoms with Crippen molar-refractivity contribution < 1.29 is 0 Å². The van der Waals surface area contributed by atoms with Crippen LogP contribution >= 0.6 is 0 Å². The number of H-pyrrole nitrogens is 1. The van der Waals surface area contributed by atoms with Gasteiger partial charge in [-0.05, 0) is 24.1 Å². The average molecular weight is 265 g/mol. The molecule has 0 aliphatic rings. The Balaban J connectivity index is 1.74. The normalized spacial score (nSPS) is 10.6. The quantitative estimate of drug-likeness (QED) is 0.762. The highest BCUT2D eigenvalue weighted by Crippen LogP contribution is 2.08. The minimum absolute atomic E-state index is 0.184. The number of nitrogens with zero attached hydrogens (tertiary/aromatic N) is 1. The molecular formula is C16H15N3O. The van der Waals surface area contributed by atoms with Crippen LogP contribution in [-0.4, -0.2) is 16.5 Å². The van der Waals surface area contributed by atoms with E-state index in [9.17, 15) is 4.79 Å². The van der Waals surface area contributed by atoms with E-state index >= 15 is 0 Å². The van der Waals surface area contributed by atoms with Gasteiger partial charge >= 0.3 is 0 Å². The van der Waals surface area contributed by atoms with E-state index in [1.165, 1.54) is 5.56 Å². The number of hydrogen-bond acceptors (Lipinski definition) is 3. The first-order valence-electron chi connectivity index (χ1n) is 6.60. The van der Waals surface area contributed by atoms with E-state index in [1.54, 1.807) is 0 Å². The first-order valence-corrected chi connectivity index (χ1v) is 6.60. The highest BCUT2D eigenvalue weighted by Gasteiger charge is 2.03. The first kappa shape index (κ1) is 12.4. The van der Waals surface area contributed by atoms with Crippen LogP contribution in [-0.2, 0) is 6.42 Å². The second-order valence-corrected chi connectivity index (χ2v) is 4.59. The molecule has 0 amide bonds. The Morgan fingerprint density at radius 2 is 1.75 bits per heavy atom. The lowest BCUT2D eigenvalue weighted by Crippen LogP contribution is -2.18. The number of aromatic amines is 1. The molecule has 0 saturated carbocycles. The molecule has 1 aromatic heterocycles. The third-order valence-corrected chi connectivity index (χ3v) is 3.15. The number of para-hydroxylation sites is 2. The van der Waals surface area contributed by atoms with Gasteiger partial charge in [0, 0.05) is 6.54 Å². The van der Waals surface area contributed by atoms with Crippen LogP contribution in [0.3, 0.4) is 0 Å². The number of anilines is 1. The lowest BCUT2D eigenvalue weighted by atomic mass is 10.1. The predicted molar refractivity (Wildman–Crippen MR) is 81.0 cm³/mol. The number of nitrogens with one attached hydrogen (secondary N) is 2. The first-order chi connectivity index (χ1) is 9.83. The Morgan fingerprint density at radius 3 is 2.60 bits per heavy atom. The van der Waals surface area contributed by atoms with Gasteiger partial charge in [-0.15, -0.1) is 0 Å². The number of hydrogen-bond donors (Lipinski definition) is 2. The second kappa shape index (κ2) is 5.57. The molecule has 0 radical (unpaired) electrons. The Labute approximate surface area is 116 Å². The maximum absolute atomic E-state index is 11.9. The zero-order valence-corrected chi connectivity index (χ0v) is 11.0. The molecule has 0 aliphatic heterocycles. The van der Waals surface area contributed by atoms with Crippen LogP contribution in [0.4, 0.5) is 5.82 Å². The monoisotopic (exact) mass is 265 g/mol. The van der Waals surface area contributed by atoms with Crippen molar-refractivity contribution >= 4 is 16.9 Å². The van der Waals surface area contributed by atoms with Gasteiger partial charge in [-0.3, -0.25) is 4.79 Å². The van der Waals surface area contributed by atoms with Crippen LogP contribution in [0.5, 0.6) is 0 Å². The highest BCUT2D eigenvalue weighted by atomic mass is 16.1. The van der Waals surface area contributed by atoms with Gasteiger partial charge in [0.15, 0.2) is 5.82 Å². The van der Waals surface area contributed by atoms with Crippen LogP contribution in [0, 0.1) is 0 Å². The van der Waals surface area contributed by atoms with Crippen LogP contribution < -0.4 is 10.9 Å². The molecule has 0 aliphatic carbocycles. The van der Waals surface area contributed by atoms with Crippen LogP contribution in [0.1, 0.15) is 5.56 Å². The van der Waals surface area contributed by atoms with Crippen molar-refractivity contribution in [2.75, 3.05) is 11.9 Å². The summed E-state index contributed by atoms with van der Waals surface area (Å²) in [7, 11) is 0. The van der Waals surface area contributed by atoms with Gasteiger partial charge < -0.3 is 10.3 Å². The Morgan fingerprint density at radius 1 is 1.00 bits per heavy atom. The maximum atomic E-state index is 11.9. The van der Waals surface area contributed by atoms with E-state index in [4.69, 9.17) is 0 Å². The average Bonchev–Trinajstić information content (AvgIpc) is 2.49. The lowest BCUT2D eigenvalue weighted by molar-refractivity contribution is 0.999. The standard InChI is InChI=1S/C16H15N3O/c20-16-15(17-11-10-12-6-2-1-3-7-12)18-13-8-4-5-9-14(13)19-16/h1-9H,10-11H2,(H,17,18)(H,19,20). The summed E-state index contributed by atoms with van der Waals surface area (Å²) < 4.78 is 0. The maximum Gasteiger partial charge on any atom is 0.291 e. The molecule has 0 bridgehead atoms. The largest absolute Gasteiger partial charge is 0.365 e. The fourth-order valence-corrected chi connectivity index (χ4v) is 2.12. The molecule has 0 spiro atoms. The Kier molecular flexibility index (Phi) is 3.46. The molecule has 1 heterocycles. The van der Waals surface area contributed by atoms with Gasteiger partial charge in [-0.2, -0.15) is 0 Å². The van der Waals surface area contributed by atoms with E-state index in [2.05, 4.69) is 27.4 Å². The van der Waals surface area contributed by atoms with E-state index in [1.807, 2.05) is 42.5 Å². The summed E-state index contributed by atoms with van der Waals surface area (Å²) in [5.74, 6) is 0.375. The molecule has 4 heteroatoms. The van der Waals surface area contributed by atoms with Crippen LogP contribution in [0.2, 0.25) is 0 Å². The number of rotatable bonds is 4. The van der Waals surface area contributed by atoms with Crippen molar-refractivity contribution in [3.8, 4) is 0 Å². The fourth-order valence-electron chi connectivity index (χ4n) is 2.12. The van der Waals surface area contributed by atoms with Gasteiger partial charge in [0.2, 0.25) is 0 Å². The van der Waals surface area contributed by atoms with E-state index in [-0.39, 0.29) is 5.56 Å². The predicted octanol–water partition coefficient (Wildman–Crippen LogP) is 2.58. The van der Waals surface area contributed by atoms with E-state index in [0.717, 1.165) is 17.5 Å². The molecule has 3 rings (SSSR count). The number of fused-ring (bicyclic) bond motifs is 1. The second-order valence-electron chi connectivity index (χ2n) is 4.59. The minimum Gasteiger partial charge on any atom is -0.365 e. The van der Waals surface area contributed by atoms with Crippen LogP contribution in [0.25, 0.3) is 11.0 Å². The Bertz CT molecular complexity index is 765. The SMILES string of the molecule is O=c1[nH]c2ccccc2nc1NCCc1ccccc1. The summed E-state index contributed by atoms with van der Waals surface area (Å²) in [6.45, 7) is 0.679. The third kappa shape index (κ3) is 2.69. The van der Waals surface area contributed by atoms with Gasteiger partial charge in [-0.1, -0.05) is 42.5 Å². The van der Waals surface area contributed by atoms with Crippen LogP contribution in [0.15, 0.2) is 59.4 Å². The molecule has 2 aromatic carbocycles. The zero-order chi connectivity index (χ0) is 13.8. The third-order valence-electron chi connectivity index (χ3n) is 3.15. The zero-order valence-electron chi connectivity index (χ0n) is 11.0. The van der Waals surface area contributed by atoms with Crippen molar-refractivity contribution in [2.24, 2.45) is 0 Å². The molecule has 20 heavy (non-hydrogen) atoms. The molecule has 2 N–H and O–H groups in total. The van der Waals surface area contributed by atoms with Gasteiger partial charge in [0.05, 0.1) is 11.0 Å². The molecule has 0 fully saturated rings. The number of benzene rings is 2. The van der Waals surface area contributed by atoms with Crippen molar-refractivity contribution in [2.45, 2.75) is 6.42 Å². The van der Waals surface area contributed by atoms with Gasteiger partial charge in [0.25, 0.3) is 5.56 Å². The Hall–Kier alpha value is -2.62. The molecular weight excluding hydrogens is 250 g/mol. The molecule has 0 atom stereocenters. The summed E-state index contributed by atoms with van der Waals surface area (Å²) in [4.78, 5) is 19.1. The summed E-state index contributed by atoms with van der Waals surface area (Å²) in [5, 5.41) is 3.10. The highest BCUT2D eigenvalue weighted by molar-refractivity contribution is 5.75. The molecule has 0 unspecified atom stereocenters. The summed E-state index contributed by atoms with van der Waals surface area (Å²) in [5.41, 5.74) is 2.59. The molecule has 3 aromatic rings. The smallest absolute Gasteiger partial charge is 0.291 e. The minimum atomic E-state index is -0.184. The van der Waals surface area contributed by atoms with Crippen molar-refractivity contribution in [3.63, 3.8) is 0 Å². The lowest BCUT2D eigenvalue weighted by Gasteiger charge is -2.06. The van der Waals surface area contributed by atoms with Crippen molar-refractivity contribution in [3.05, 3.63) is 70.5 Å².